The van der Waals surface area contributed by atoms with E-state index in [2.05, 4.69) is 16.2 Å². The minimum absolute atomic E-state index is 0.283. The van der Waals surface area contributed by atoms with Gasteiger partial charge in [0.15, 0.2) is 5.96 Å². The fourth-order valence-corrected chi connectivity index (χ4v) is 2.09. The molecular formula is C19H21N3O. The van der Waals surface area contributed by atoms with Gasteiger partial charge in [-0.25, -0.2) is 0 Å². The van der Waals surface area contributed by atoms with Gasteiger partial charge in [-0.05, 0) is 48.7 Å². The number of guanidine groups is 1. The molecule has 0 unspecified atom stereocenters. The molecule has 0 atom stereocenters. The minimum atomic E-state index is 0.283. The average molecular weight is 307 g/mol. The maximum atomic E-state index is 5.90. The first-order valence-electron chi connectivity index (χ1n) is 7.46. The highest BCUT2D eigenvalue weighted by atomic mass is 16.5. The number of hydrogen-bond acceptors (Lipinski definition) is 2. The number of benzene rings is 2. The topological polar surface area (TPSA) is 59.6 Å². The van der Waals surface area contributed by atoms with Gasteiger partial charge in [-0.3, -0.25) is 4.99 Å². The molecule has 0 fully saturated rings. The van der Waals surface area contributed by atoms with Crippen molar-refractivity contribution in [2.75, 3.05) is 18.5 Å². The molecule has 0 amide bonds. The first kappa shape index (κ1) is 16.4. The number of anilines is 1. The van der Waals surface area contributed by atoms with Gasteiger partial charge in [0.05, 0.1) is 0 Å². The van der Waals surface area contributed by atoms with Crippen LogP contribution in [0.5, 0.6) is 5.75 Å². The summed E-state index contributed by atoms with van der Waals surface area (Å²) in [5.41, 5.74) is 9.19. The minimum Gasteiger partial charge on any atom is -0.481 e. The molecule has 118 valence electrons. The molecule has 0 radical (unpaired) electrons. The van der Waals surface area contributed by atoms with Crippen molar-refractivity contribution < 1.29 is 4.74 Å². The lowest BCUT2D eigenvalue weighted by atomic mass is 10.1. The molecule has 4 nitrogen and oxygen atoms in total. The number of terminal acetylenes is 1. The Labute approximate surface area is 137 Å². The van der Waals surface area contributed by atoms with Crippen LogP contribution in [0.4, 0.5) is 5.69 Å². The Morgan fingerprint density at radius 3 is 2.74 bits per heavy atom. The lowest BCUT2D eigenvalue weighted by Crippen LogP contribution is -2.23. The first-order chi connectivity index (χ1) is 11.2. The monoisotopic (exact) mass is 307 g/mol. The number of aryl methyl sites for hydroxylation is 1. The smallest absolute Gasteiger partial charge is 0.193 e. The quantitative estimate of drug-likeness (QED) is 0.490. The van der Waals surface area contributed by atoms with Crippen molar-refractivity contribution in [3.8, 4) is 18.1 Å². The van der Waals surface area contributed by atoms with Crippen LogP contribution in [0.2, 0.25) is 0 Å². The van der Waals surface area contributed by atoms with Gasteiger partial charge in [0, 0.05) is 12.2 Å². The van der Waals surface area contributed by atoms with Crippen molar-refractivity contribution in [3.05, 3.63) is 59.7 Å². The molecule has 23 heavy (non-hydrogen) atoms. The molecule has 0 aliphatic rings. The van der Waals surface area contributed by atoms with Gasteiger partial charge < -0.3 is 15.8 Å². The Kier molecular flexibility index (Phi) is 6.07. The molecule has 0 aromatic heterocycles. The van der Waals surface area contributed by atoms with E-state index >= 15 is 0 Å². The summed E-state index contributed by atoms with van der Waals surface area (Å²) in [4.78, 5) is 4.34. The van der Waals surface area contributed by atoms with E-state index in [1.165, 1.54) is 11.1 Å². The van der Waals surface area contributed by atoms with Gasteiger partial charge in [0.25, 0.3) is 0 Å². The van der Waals surface area contributed by atoms with E-state index in [9.17, 15) is 0 Å². The predicted molar refractivity (Wildman–Crippen MR) is 95.8 cm³/mol. The normalized spacial score (nSPS) is 10.9. The van der Waals surface area contributed by atoms with E-state index in [1.54, 1.807) is 0 Å². The largest absolute Gasteiger partial charge is 0.481 e. The number of aliphatic imine (C=N–C) groups is 1. The lowest BCUT2D eigenvalue weighted by molar-refractivity contribution is 0.370. The fourth-order valence-electron chi connectivity index (χ4n) is 2.09. The number of hydrogen-bond donors (Lipinski definition) is 2. The highest BCUT2D eigenvalue weighted by Gasteiger charge is 1.97. The van der Waals surface area contributed by atoms with E-state index in [4.69, 9.17) is 16.9 Å². The molecule has 2 aromatic carbocycles. The van der Waals surface area contributed by atoms with Crippen molar-refractivity contribution in [3.63, 3.8) is 0 Å². The predicted octanol–water partition coefficient (Wildman–Crippen LogP) is 2.98. The van der Waals surface area contributed by atoms with Gasteiger partial charge in [-0.1, -0.05) is 30.2 Å². The second-order valence-corrected chi connectivity index (χ2v) is 5.15. The Balaban J connectivity index is 1.82. The summed E-state index contributed by atoms with van der Waals surface area (Å²) in [6.07, 6.45) is 5.97. The molecule has 2 aromatic rings. The molecule has 0 saturated heterocycles. The van der Waals surface area contributed by atoms with Crippen molar-refractivity contribution >= 4 is 11.6 Å². The molecule has 0 saturated carbocycles. The number of nitrogens with one attached hydrogen (secondary N) is 1. The van der Waals surface area contributed by atoms with E-state index in [0.717, 1.165) is 17.9 Å². The van der Waals surface area contributed by atoms with Crippen molar-refractivity contribution in [1.82, 2.24) is 0 Å². The summed E-state index contributed by atoms with van der Waals surface area (Å²) < 4.78 is 5.34. The van der Waals surface area contributed by atoms with Crippen LogP contribution >= 0.6 is 0 Å². The van der Waals surface area contributed by atoms with E-state index in [-0.39, 0.29) is 6.61 Å². The number of nitrogens with two attached hydrogens (primary N) is 1. The maximum absolute atomic E-state index is 5.90. The van der Waals surface area contributed by atoms with Gasteiger partial charge in [0.1, 0.15) is 12.4 Å². The molecule has 0 spiro atoms. The third kappa shape index (κ3) is 5.76. The van der Waals surface area contributed by atoms with Crippen molar-refractivity contribution in [1.29, 1.82) is 0 Å². The van der Waals surface area contributed by atoms with Crippen LogP contribution in [0, 0.1) is 19.3 Å². The third-order valence-corrected chi connectivity index (χ3v) is 3.22. The van der Waals surface area contributed by atoms with Crippen molar-refractivity contribution in [2.45, 2.75) is 13.3 Å². The summed E-state index contributed by atoms with van der Waals surface area (Å²) in [6.45, 7) is 2.94. The van der Waals surface area contributed by atoms with Gasteiger partial charge in [0.2, 0.25) is 0 Å². The maximum Gasteiger partial charge on any atom is 0.193 e. The van der Waals surface area contributed by atoms with E-state index in [1.807, 2.05) is 55.5 Å². The molecule has 0 aliphatic heterocycles. The van der Waals surface area contributed by atoms with Crippen LogP contribution in [0.1, 0.15) is 11.1 Å². The average Bonchev–Trinajstić information content (AvgIpc) is 2.54. The van der Waals surface area contributed by atoms with Crippen LogP contribution in [0.15, 0.2) is 53.5 Å². The third-order valence-electron chi connectivity index (χ3n) is 3.22. The highest BCUT2D eigenvalue weighted by molar-refractivity contribution is 5.92. The molecule has 0 heterocycles. The highest BCUT2D eigenvalue weighted by Crippen LogP contribution is 2.12. The Hall–Kier alpha value is -2.93. The summed E-state index contributed by atoms with van der Waals surface area (Å²) in [6, 6.07) is 15.8. The molecule has 0 bridgehead atoms. The Bertz CT molecular complexity index is 699. The van der Waals surface area contributed by atoms with Crippen LogP contribution in [-0.2, 0) is 6.42 Å². The lowest BCUT2D eigenvalue weighted by Gasteiger charge is -2.07. The number of nitrogens with zero attached hydrogens (tertiary/aromatic N) is 1. The Morgan fingerprint density at radius 2 is 2.04 bits per heavy atom. The standard InChI is InChI=1S/C19H21N3O/c1-3-13-23-18-9-7-16(8-10-18)11-12-21-19(20)22-17-6-4-5-15(2)14-17/h1,4-10,14H,11-13H2,2H3,(H3,20,21,22). The van der Waals surface area contributed by atoms with Crippen LogP contribution < -0.4 is 15.8 Å². The van der Waals surface area contributed by atoms with Crippen LogP contribution in [0.3, 0.4) is 0 Å². The van der Waals surface area contributed by atoms with Crippen molar-refractivity contribution in [2.24, 2.45) is 10.7 Å². The number of rotatable bonds is 6. The van der Waals surface area contributed by atoms with Crippen LogP contribution in [0.25, 0.3) is 0 Å². The number of ether oxygens (including phenoxy) is 1. The SMILES string of the molecule is C#CCOc1ccc(CCN=C(N)Nc2cccc(C)c2)cc1. The molecule has 3 N–H and O–H groups in total. The Morgan fingerprint density at radius 1 is 1.26 bits per heavy atom. The zero-order valence-electron chi connectivity index (χ0n) is 13.3. The molecule has 2 rings (SSSR count). The molecule has 0 aliphatic carbocycles. The zero-order valence-corrected chi connectivity index (χ0v) is 13.3. The van der Waals surface area contributed by atoms with E-state index in [0.29, 0.717) is 12.5 Å². The molecular weight excluding hydrogens is 286 g/mol. The summed E-state index contributed by atoms with van der Waals surface area (Å²) in [7, 11) is 0. The van der Waals surface area contributed by atoms with Crippen LogP contribution in [-0.4, -0.2) is 19.1 Å². The zero-order chi connectivity index (χ0) is 16.5. The second kappa shape index (κ2) is 8.50. The second-order valence-electron chi connectivity index (χ2n) is 5.15. The van der Waals surface area contributed by atoms with Gasteiger partial charge in [-0.15, -0.1) is 6.42 Å². The van der Waals surface area contributed by atoms with E-state index < -0.39 is 0 Å². The van der Waals surface area contributed by atoms with Gasteiger partial charge in [-0.2, -0.15) is 0 Å². The summed E-state index contributed by atoms with van der Waals surface area (Å²) >= 11 is 0. The fraction of sp³-hybridized carbons (Fsp3) is 0.211. The molecule has 4 heteroatoms. The summed E-state index contributed by atoms with van der Waals surface area (Å²) in [5.74, 6) is 3.63. The summed E-state index contributed by atoms with van der Waals surface area (Å²) in [5, 5.41) is 3.09. The first-order valence-corrected chi connectivity index (χ1v) is 7.46. The van der Waals surface area contributed by atoms with Gasteiger partial charge >= 0.3 is 0 Å².